The third-order valence-electron chi connectivity index (χ3n) is 15.9. The molecule has 20 nitrogen and oxygen atoms in total. The van der Waals surface area contributed by atoms with Crippen molar-refractivity contribution in [2.24, 2.45) is 0 Å². The maximum absolute atomic E-state index is 13.1. The van der Waals surface area contributed by atoms with Crippen molar-refractivity contribution in [3.8, 4) is 29.0 Å². The molecule has 2 aliphatic carbocycles. The number of phenolic OH excluding ortho intramolecular Hbond substituents is 1. The predicted molar refractivity (Wildman–Crippen MR) is 297 cm³/mol. The molecule has 3 N–H and O–H groups in total. The number of amides is 4. The number of nitrogens with one attached hydrogen (secondary N) is 2. The van der Waals surface area contributed by atoms with E-state index in [1.54, 1.807) is 73.7 Å². The Kier molecular flexibility index (Phi) is 19.0. The van der Waals surface area contributed by atoms with Gasteiger partial charge in [0, 0.05) is 49.4 Å². The Balaban J connectivity index is 0.000000169. The molecule has 2 aromatic heterocycles. The molecule has 2 saturated carbocycles. The van der Waals surface area contributed by atoms with E-state index in [0.717, 1.165) is 114 Å². The Morgan fingerprint density at radius 3 is 1.53 bits per heavy atom. The van der Waals surface area contributed by atoms with Crippen molar-refractivity contribution in [3.63, 3.8) is 0 Å². The van der Waals surface area contributed by atoms with E-state index in [9.17, 15) is 24.3 Å². The van der Waals surface area contributed by atoms with Crippen molar-refractivity contribution >= 4 is 58.2 Å². The molecule has 0 unspecified atom stereocenters. The Labute approximate surface area is 457 Å². The first-order valence-corrected chi connectivity index (χ1v) is 27.7. The second-order valence-corrected chi connectivity index (χ2v) is 21.3. The standard InChI is InChI=1S/C28H38N6O4.C14H19ClN4O.C14H20N2O3/c1-5-21-27(36)33(3)22-17-29-28(31-25(22)34(21)20-8-6-7-9-20)38-23-11-10-18(16-24(23)37-4)26(35)30-19-12-14-32(2)15-13-19;1-3-10-13(20)18(2)11-8-16-14(15)17-12(11)19(10)9-6-4-5-7-9;1-16-7-5-11(6-8-16)15-14(18)10-3-4-12(17)13(9-10)19-2/h10-11,16-17,19-21H,5-9,12-15H2,1-4H3,(H,30,35);8-10H,3-7H2,1-2H3;3-4,9,11,17H,5-8H2,1-2H3,(H,15,18)/t21-;10-;/m11./s1. The smallest absolute Gasteiger partial charge is 0.324 e. The third-order valence-corrected chi connectivity index (χ3v) is 16.1. The number of methoxy groups -OCH3 is 2. The molecular weight excluding hydrogens is 1000 g/mol. The maximum Gasteiger partial charge on any atom is 0.324 e. The quantitative estimate of drug-likeness (QED) is 0.118. The lowest BCUT2D eigenvalue weighted by Crippen LogP contribution is -2.55. The van der Waals surface area contributed by atoms with Crippen LogP contribution in [0.5, 0.6) is 29.0 Å². The summed E-state index contributed by atoms with van der Waals surface area (Å²) in [6, 6.07) is 10.6. The second kappa shape index (κ2) is 25.8. The fraction of sp³-hybridized carbons (Fsp3) is 0.571. The van der Waals surface area contributed by atoms with Gasteiger partial charge in [-0.3, -0.25) is 19.2 Å². The molecule has 0 radical (unpaired) electrons. The number of benzene rings is 2. The molecule has 2 saturated heterocycles. The monoisotopic (exact) mass is 1080 g/mol. The van der Waals surface area contributed by atoms with E-state index in [0.29, 0.717) is 46.5 Å². The number of likely N-dealkylation sites (N-methyl/N-ethyl adjacent to an activating group) is 2. The molecule has 4 aromatic rings. The molecular formula is C56H77ClN12O8. The minimum atomic E-state index is -0.254. The van der Waals surface area contributed by atoms with Gasteiger partial charge in [0.25, 0.3) is 11.8 Å². The molecule has 4 fully saturated rings. The first-order valence-electron chi connectivity index (χ1n) is 27.4. The lowest BCUT2D eigenvalue weighted by atomic mass is 10.0. The number of ether oxygens (including phenoxy) is 3. The van der Waals surface area contributed by atoms with Gasteiger partial charge in [0.05, 0.1) is 26.6 Å². The van der Waals surface area contributed by atoms with Crippen LogP contribution in [0.1, 0.15) is 124 Å². The number of halogens is 1. The zero-order valence-corrected chi connectivity index (χ0v) is 46.7. The number of carbonyl (C=O) groups excluding carboxylic acids is 4. The number of piperidine rings is 2. The number of nitrogens with zero attached hydrogens (tertiary/aromatic N) is 10. The van der Waals surface area contributed by atoms with Gasteiger partial charge in [0.2, 0.25) is 17.1 Å². The van der Waals surface area contributed by atoms with Crippen molar-refractivity contribution in [2.75, 3.05) is 88.2 Å². The van der Waals surface area contributed by atoms with Gasteiger partial charge in [0.1, 0.15) is 23.5 Å². The van der Waals surface area contributed by atoms with E-state index in [1.165, 1.54) is 26.0 Å². The van der Waals surface area contributed by atoms with Gasteiger partial charge in [-0.05, 0) is 152 Å². The van der Waals surface area contributed by atoms with Crippen LogP contribution in [0, 0.1) is 0 Å². The zero-order valence-electron chi connectivity index (χ0n) is 46.0. The van der Waals surface area contributed by atoms with Crippen molar-refractivity contribution < 1.29 is 38.5 Å². The SMILES string of the molecule is CC[C@@H]1C(=O)N(C)c2cnc(Cl)nc2N1C1CCCC1.CC[C@@H]1C(=O)N(C)c2cnc(Oc3ccc(C(=O)NC4CCN(C)CC4)cc3OC)nc2N1C1CCCC1.COc1cc(C(=O)NC2CCN(C)CC2)ccc1O. The molecule has 6 aliphatic rings. The second-order valence-electron chi connectivity index (χ2n) is 21.0. The summed E-state index contributed by atoms with van der Waals surface area (Å²) in [4.78, 5) is 80.5. The van der Waals surface area contributed by atoms with Crippen LogP contribution < -0.4 is 44.4 Å². The normalized spacial score (nSPS) is 20.6. The van der Waals surface area contributed by atoms with Gasteiger partial charge in [-0.2, -0.15) is 9.97 Å². The molecule has 4 amide bonds. The van der Waals surface area contributed by atoms with E-state index in [-0.39, 0.29) is 70.9 Å². The molecule has 10 rings (SSSR count). The number of aromatic nitrogens is 4. The predicted octanol–water partition coefficient (Wildman–Crippen LogP) is 7.46. The molecule has 4 aliphatic heterocycles. The highest BCUT2D eigenvalue weighted by Crippen LogP contribution is 2.42. The minimum absolute atomic E-state index is 0.0401. The number of phenols is 1. The van der Waals surface area contributed by atoms with Crippen LogP contribution in [0.25, 0.3) is 0 Å². The third kappa shape index (κ3) is 13.1. The van der Waals surface area contributed by atoms with Crippen LogP contribution in [0.4, 0.5) is 23.0 Å². The average molecular weight is 1080 g/mol. The highest BCUT2D eigenvalue weighted by Gasteiger charge is 2.43. The first-order chi connectivity index (χ1) is 37.1. The molecule has 6 heterocycles. The van der Waals surface area contributed by atoms with Gasteiger partial charge in [-0.15, -0.1) is 0 Å². The van der Waals surface area contributed by atoms with Crippen molar-refractivity contribution in [1.82, 2.24) is 40.4 Å². The number of hydrogen-bond donors (Lipinski definition) is 3. The van der Waals surface area contributed by atoms with Gasteiger partial charge >= 0.3 is 6.01 Å². The number of hydrogen-bond acceptors (Lipinski definition) is 16. The maximum atomic E-state index is 13.1. The van der Waals surface area contributed by atoms with E-state index in [4.69, 9.17) is 30.8 Å². The summed E-state index contributed by atoms with van der Waals surface area (Å²) in [6.07, 6.45) is 17.7. The Bertz CT molecular complexity index is 2710. The molecule has 416 valence electrons. The Morgan fingerprint density at radius 1 is 0.623 bits per heavy atom. The number of aromatic hydroxyl groups is 1. The lowest BCUT2D eigenvalue weighted by Gasteiger charge is -2.43. The molecule has 2 atom stereocenters. The van der Waals surface area contributed by atoms with E-state index < -0.39 is 0 Å². The van der Waals surface area contributed by atoms with Crippen molar-refractivity contribution in [1.29, 1.82) is 0 Å². The number of carbonyl (C=O) groups is 4. The summed E-state index contributed by atoms with van der Waals surface area (Å²) in [5, 5.41) is 15.9. The van der Waals surface area contributed by atoms with Crippen LogP contribution in [0.3, 0.4) is 0 Å². The van der Waals surface area contributed by atoms with E-state index >= 15 is 0 Å². The fourth-order valence-corrected chi connectivity index (χ4v) is 11.6. The molecule has 0 bridgehead atoms. The largest absolute Gasteiger partial charge is 0.504 e. The van der Waals surface area contributed by atoms with Crippen LogP contribution in [0.15, 0.2) is 48.8 Å². The number of fused-ring (bicyclic) bond motifs is 2. The average Bonchev–Trinajstić information content (AvgIpc) is 4.20. The number of likely N-dealkylation sites (tertiary alicyclic amines) is 2. The first kappa shape index (κ1) is 56.7. The molecule has 0 spiro atoms. The number of anilines is 4. The summed E-state index contributed by atoms with van der Waals surface area (Å²) in [5.41, 5.74) is 2.47. The highest BCUT2D eigenvalue weighted by atomic mass is 35.5. The summed E-state index contributed by atoms with van der Waals surface area (Å²) in [6.45, 7) is 8.04. The number of rotatable bonds is 12. The van der Waals surface area contributed by atoms with Crippen molar-refractivity contribution in [3.05, 3.63) is 65.2 Å². The fourth-order valence-electron chi connectivity index (χ4n) is 11.4. The molecule has 2 aromatic carbocycles. The summed E-state index contributed by atoms with van der Waals surface area (Å²) in [5.74, 6) is 2.69. The van der Waals surface area contributed by atoms with Gasteiger partial charge < -0.3 is 59.4 Å². The molecule has 21 heteroatoms. The van der Waals surface area contributed by atoms with Gasteiger partial charge in [-0.25, -0.2) is 9.97 Å². The van der Waals surface area contributed by atoms with Crippen LogP contribution >= 0.6 is 11.6 Å². The summed E-state index contributed by atoms with van der Waals surface area (Å²) < 4.78 is 16.7. The minimum Gasteiger partial charge on any atom is -0.504 e. The lowest BCUT2D eigenvalue weighted by molar-refractivity contribution is -0.120. The Hall–Kier alpha value is -6.51. The Morgan fingerprint density at radius 2 is 1.06 bits per heavy atom. The topological polar surface area (TPSA) is 211 Å². The molecule has 77 heavy (non-hydrogen) atoms. The zero-order chi connectivity index (χ0) is 54.9. The summed E-state index contributed by atoms with van der Waals surface area (Å²) in [7, 11) is 10.8. The highest BCUT2D eigenvalue weighted by molar-refractivity contribution is 6.28. The van der Waals surface area contributed by atoms with E-state index in [1.807, 2.05) is 13.8 Å². The van der Waals surface area contributed by atoms with E-state index in [2.05, 4.69) is 59.3 Å². The van der Waals surface area contributed by atoms with Crippen molar-refractivity contribution in [2.45, 2.75) is 140 Å². The summed E-state index contributed by atoms with van der Waals surface area (Å²) >= 11 is 5.97. The van der Waals surface area contributed by atoms with Crippen LogP contribution in [-0.4, -0.2) is 163 Å². The van der Waals surface area contributed by atoms with Gasteiger partial charge in [0.15, 0.2) is 34.6 Å². The van der Waals surface area contributed by atoms with Gasteiger partial charge in [-0.1, -0.05) is 39.5 Å². The van der Waals surface area contributed by atoms with Crippen LogP contribution in [-0.2, 0) is 9.59 Å². The van der Waals surface area contributed by atoms with Crippen LogP contribution in [0.2, 0.25) is 5.28 Å².